The van der Waals surface area contributed by atoms with Gasteiger partial charge >= 0.3 is 12.1 Å². The molecule has 4 heterocycles. The molecule has 1 amide bonds. The first-order chi connectivity index (χ1) is 23.5. The maximum atomic E-state index is 13.2. The van der Waals surface area contributed by atoms with Crippen molar-refractivity contribution in [1.82, 2.24) is 29.4 Å². The number of piperazine rings is 1. The van der Waals surface area contributed by atoms with Crippen molar-refractivity contribution in [3.05, 3.63) is 78.5 Å². The molecule has 12 heteroatoms. The summed E-state index contributed by atoms with van der Waals surface area (Å²) in [5.41, 5.74) is 3.14. The lowest BCUT2D eigenvalue weighted by Gasteiger charge is -2.40. The van der Waals surface area contributed by atoms with Crippen LogP contribution in [0.15, 0.2) is 72.9 Å². The summed E-state index contributed by atoms with van der Waals surface area (Å²) in [5, 5.41) is 16.7. The number of anilines is 1. The number of carbonyl (C=O) groups excluding carboxylic acids is 1. The summed E-state index contributed by atoms with van der Waals surface area (Å²) in [4.78, 5) is 29.0. The molecule has 7 rings (SSSR count). The summed E-state index contributed by atoms with van der Waals surface area (Å²) >= 11 is 0. The van der Waals surface area contributed by atoms with E-state index in [-0.39, 0.29) is 25.1 Å². The molecule has 0 bridgehead atoms. The highest BCUT2D eigenvalue weighted by atomic mass is 16.6. The summed E-state index contributed by atoms with van der Waals surface area (Å²) in [6.07, 6.45) is 3.68. The van der Waals surface area contributed by atoms with Crippen LogP contribution in [0.3, 0.4) is 0 Å². The molecule has 2 aromatic heterocycles. The van der Waals surface area contributed by atoms with Gasteiger partial charge in [0.05, 0.1) is 37.5 Å². The molecule has 3 aromatic carbocycles. The van der Waals surface area contributed by atoms with E-state index in [2.05, 4.69) is 35.0 Å². The number of aromatic nitrogens is 4. The number of carbonyl (C=O) groups is 1. The molecular formula is C36H38N8O4. The molecule has 48 heavy (non-hydrogen) atoms. The average Bonchev–Trinajstić information content (AvgIpc) is 3.75. The number of nitriles is 1. The van der Waals surface area contributed by atoms with Gasteiger partial charge in [-0.15, -0.1) is 5.10 Å². The van der Waals surface area contributed by atoms with Gasteiger partial charge in [0, 0.05) is 31.2 Å². The van der Waals surface area contributed by atoms with Crippen LogP contribution in [0.4, 0.5) is 10.6 Å². The van der Waals surface area contributed by atoms with Gasteiger partial charge < -0.3 is 28.9 Å². The lowest BCUT2D eigenvalue weighted by molar-refractivity contribution is 0.0768. The van der Waals surface area contributed by atoms with E-state index in [1.54, 1.807) is 22.7 Å². The number of hydrogen-bond acceptors (Lipinski definition) is 10. The van der Waals surface area contributed by atoms with Crippen LogP contribution in [0.25, 0.3) is 27.7 Å². The molecule has 0 N–H and O–H groups in total. The Kier molecular flexibility index (Phi) is 8.94. The smallest absolute Gasteiger partial charge is 0.410 e. The number of ether oxygens (including phenoxy) is 3. The molecule has 0 aliphatic carbocycles. The second kappa shape index (κ2) is 13.8. The zero-order valence-corrected chi connectivity index (χ0v) is 27.2. The van der Waals surface area contributed by atoms with Gasteiger partial charge in [-0.2, -0.15) is 10.2 Å². The third-order valence-corrected chi connectivity index (χ3v) is 9.30. The van der Waals surface area contributed by atoms with Gasteiger partial charge in [0.15, 0.2) is 11.5 Å². The number of imidazole rings is 1. The largest absolute Gasteiger partial charge is 0.497 e. The standard InChI is InChI=1S/C36H38N8O4/c1-41-16-8-12-28(41)24-47-35-39-34(42-17-18-43(27(22-42)14-15-37)36(45)48-23-25-9-4-3-5-10-25)33-38-21-32(44(33)40-35)31-20-29(46-2)19-26-11-6-7-13-30(26)31/h3-7,9-11,13,19-21,27-28H,8,12,14,16-18,22-24H2,1-2H3/t27-,28-/m0/s1. The van der Waals surface area contributed by atoms with Crippen LogP contribution < -0.4 is 14.4 Å². The second-order valence-corrected chi connectivity index (χ2v) is 12.3. The molecule has 0 saturated carbocycles. The molecule has 2 fully saturated rings. The molecule has 2 aliphatic rings. The number of nitrogens with zero attached hydrogens (tertiary/aromatic N) is 8. The van der Waals surface area contributed by atoms with Crippen LogP contribution in [-0.4, -0.2) is 94.5 Å². The van der Waals surface area contributed by atoms with Gasteiger partial charge in [-0.25, -0.2) is 14.3 Å². The zero-order chi connectivity index (χ0) is 33.0. The predicted molar refractivity (Wildman–Crippen MR) is 181 cm³/mol. The van der Waals surface area contributed by atoms with Crippen molar-refractivity contribution in [3.63, 3.8) is 0 Å². The maximum absolute atomic E-state index is 13.2. The SMILES string of the molecule is COc1cc(-c2cnc3c(N4CCN(C(=O)OCc5ccccc5)[C@@H](CC#N)C4)nc(OC[C@@H]4CCCN4C)nn23)c2ccccc2c1. The molecule has 0 spiro atoms. The Bertz CT molecular complexity index is 1960. The Balaban J connectivity index is 1.23. The van der Waals surface area contributed by atoms with E-state index in [0.29, 0.717) is 37.7 Å². The predicted octanol–water partition coefficient (Wildman–Crippen LogP) is 5.17. The van der Waals surface area contributed by atoms with Crippen LogP contribution in [0.2, 0.25) is 0 Å². The van der Waals surface area contributed by atoms with Crippen molar-refractivity contribution in [2.75, 3.05) is 51.8 Å². The molecule has 12 nitrogen and oxygen atoms in total. The summed E-state index contributed by atoms with van der Waals surface area (Å²) in [6.45, 7) is 2.85. The first kappa shape index (κ1) is 31.2. The fourth-order valence-electron chi connectivity index (χ4n) is 6.65. The number of amides is 1. The lowest BCUT2D eigenvalue weighted by Crippen LogP contribution is -2.55. The molecule has 0 radical (unpaired) electrons. The van der Waals surface area contributed by atoms with Gasteiger partial charge in [0.1, 0.15) is 19.0 Å². The van der Waals surface area contributed by atoms with Crippen LogP contribution in [0.1, 0.15) is 24.8 Å². The highest BCUT2D eigenvalue weighted by Crippen LogP contribution is 2.35. The van der Waals surface area contributed by atoms with Crippen LogP contribution in [-0.2, 0) is 11.3 Å². The minimum Gasteiger partial charge on any atom is -0.497 e. The maximum Gasteiger partial charge on any atom is 0.410 e. The Hall–Kier alpha value is -5.41. The summed E-state index contributed by atoms with van der Waals surface area (Å²) in [6, 6.07) is 24.1. The number of methoxy groups -OCH3 is 1. The van der Waals surface area contributed by atoms with Crippen LogP contribution in [0, 0.1) is 11.3 Å². The number of fused-ring (bicyclic) bond motifs is 2. The van der Waals surface area contributed by atoms with E-state index in [1.807, 2.05) is 54.6 Å². The minimum absolute atomic E-state index is 0.144. The minimum atomic E-state index is -0.440. The van der Waals surface area contributed by atoms with E-state index >= 15 is 0 Å². The average molecular weight is 647 g/mol. The third kappa shape index (κ3) is 6.29. The summed E-state index contributed by atoms with van der Waals surface area (Å²) in [7, 11) is 3.77. The third-order valence-electron chi connectivity index (χ3n) is 9.30. The monoisotopic (exact) mass is 646 g/mol. The van der Waals surface area contributed by atoms with Crippen molar-refractivity contribution >= 4 is 28.3 Å². The van der Waals surface area contributed by atoms with Gasteiger partial charge in [-0.05, 0) is 54.9 Å². The molecule has 2 saturated heterocycles. The van der Waals surface area contributed by atoms with Crippen molar-refractivity contribution in [1.29, 1.82) is 5.26 Å². The van der Waals surface area contributed by atoms with Crippen LogP contribution >= 0.6 is 0 Å². The van der Waals surface area contributed by atoms with E-state index in [4.69, 9.17) is 29.3 Å². The highest BCUT2D eigenvalue weighted by molar-refractivity contribution is 5.97. The van der Waals surface area contributed by atoms with E-state index in [0.717, 1.165) is 52.7 Å². The Morgan fingerprint density at radius 3 is 2.67 bits per heavy atom. The van der Waals surface area contributed by atoms with Crippen molar-refractivity contribution in [2.45, 2.75) is 38.0 Å². The molecule has 246 valence electrons. The number of likely N-dealkylation sites (tertiary alicyclic amines) is 1. The second-order valence-electron chi connectivity index (χ2n) is 12.3. The Labute approximate surface area is 279 Å². The summed E-state index contributed by atoms with van der Waals surface area (Å²) in [5.74, 6) is 1.31. The first-order valence-electron chi connectivity index (χ1n) is 16.3. The highest BCUT2D eigenvalue weighted by Gasteiger charge is 2.34. The summed E-state index contributed by atoms with van der Waals surface area (Å²) < 4.78 is 19.4. The molecule has 5 aromatic rings. The normalized spacial score (nSPS) is 18.3. The van der Waals surface area contributed by atoms with Gasteiger partial charge in [0.25, 0.3) is 0 Å². The van der Waals surface area contributed by atoms with Crippen LogP contribution in [0.5, 0.6) is 11.8 Å². The lowest BCUT2D eigenvalue weighted by atomic mass is 10.0. The molecular weight excluding hydrogens is 608 g/mol. The van der Waals surface area contributed by atoms with E-state index in [9.17, 15) is 10.1 Å². The first-order valence-corrected chi connectivity index (χ1v) is 16.3. The number of hydrogen-bond donors (Lipinski definition) is 0. The van der Waals surface area contributed by atoms with Gasteiger partial charge in [0.2, 0.25) is 0 Å². The van der Waals surface area contributed by atoms with Crippen molar-refractivity contribution < 1.29 is 19.0 Å². The number of likely N-dealkylation sites (N-methyl/N-ethyl adjacent to an activating group) is 1. The molecule has 2 atom stereocenters. The topological polar surface area (TPSA) is 121 Å². The molecule has 2 aliphatic heterocycles. The quantitative estimate of drug-likeness (QED) is 0.212. The fourth-order valence-corrected chi connectivity index (χ4v) is 6.65. The van der Waals surface area contributed by atoms with E-state index in [1.165, 1.54) is 0 Å². The van der Waals surface area contributed by atoms with Gasteiger partial charge in [-0.1, -0.05) is 54.6 Å². The number of rotatable bonds is 9. The Morgan fingerprint density at radius 1 is 1.04 bits per heavy atom. The van der Waals surface area contributed by atoms with E-state index < -0.39 is 12.1 Å². The number of benzene rings is 3. The Morgan fingerprint density at radius 2 is 1.88 bits per heavy atom. The molecule has 0 unspecified atom stereocenters. The van der Waals surface area contributed by atoms with Crippen molar-refractivity contribution in [3.8, 4) is 29.1 Å². The fraction of sp³-hybridized carbons (Fsp3) is 0.361. The zero-order valence-electron chi connectivity index (χ0n) is 27.2. The van der Waals surface area contributed by atoms with Crippen molar-refractivity contribution in [2.24, 2.45) is 0 Å². The van der Waals surface area contributed by atoms with Gasteiger partial charge in [-0.3, -0.25) is 0 Å².